The lowest BCUT2D eigenvalue weighted by Gasteiger charge is -2.10. The maximum absolute atomic E-state index is 5.75. The van der Waals surface area contributed by atoms with Gasteiger partial charge in [0.1, 0.15) is 5.75 Å². The minimum Gasteiger partial charge on any atom is -0.494 e. The highest BCUT2D eigenvalue weighted by Gasteiger charge is 2.01. The van der Waals surface area contributed by atoms with E-state index >= 15 is 0 Å². The van der Waals surface area contributed by atoms with Crippen LogP contribution in [0.25, 0.3) is 0 Å². The first-order valence-electron chi connectivity index (χ1n) is 6.65. The Morgan fingerprint density at radius 3 is 2.72 bits per heavy atom. The molecule has 0 aliphatic carbocycles. The van der Waals surface area contributed by atoms with Crippen molar-refractivity contribution in [2.24, 2.45) is 5.73 Å². The van der Waals surface area contributed by atoms with Crippen molar-refractivity contribution in [2.45, 2.75) is 38.9 Å². The Bertz CT molecular complexity index is 354. The number of rotatable bonds is 8. The van der Waals surface area contributed by atoms with Crippen molar-refractivity contribution in [3.05, 3.63) is 29.3 Å². The van der Waals surface area contributed by atoms with Gasteiger partial charge in [-0.2, -0.15) is 11.8 Å². The molecule has 0 amide bonds. The molecule has 0 spiro atoms. The van der Waals surface area contributed by atoms with Gasteiger partial charge in [-0.25, -0.2) is 0 Å². The fourth-order valence-corrected chi connectivity index (χ4v) is 2.64. The third kappa shape index (κ3) is 5.78. The molecule has 0 heterocycles. The van der Waals surface area contributed by atoms with E-state index in [-0.39, 0.29) is 0 Å². The molecular weight excluding hydrogens is 242 g/mol. The smallest absolute Gasteiger partial charge is 0.119 e. The molecule has 2 N–H and O–H groups in total. The molecule has 3 heteroatoms. The van der Waals surface area contributed by atoms with E-state index in [1.165, 1.54) is 11.1 Å². The Balaban J connectivity index is 2.16. The lowest BCUT2D eigenvalue weighted by Crippen LogP contribution is -2.08. The van der Waals surface area contributed by atoms with Crippen LogP contribution in [0.15, 0.2) is 18.2 Å². The number of ether oxygens (including phenoxy) is 1. The quantitative estimate of drug-likeness (QED) is 0.732. The van der Waals surface area contributed by atoms with Crippen molar-refractivity contribution >= 4 is 11.8 Å². The molecular formula is C15H25NOS. The van der Waals surface area contributed by atoms with Crippen molar-refractivity contribution in [1.29, 1.82) is 0 Å². The number of hydrogen-bond donors (Lipinski definition) is 1. The van der Waals surface area contributed by atoms with Crippen molar-refractivity contribution in [3.8, 4) is 5.75 Å². The molecule has 1 unspecified atom stereocenters. The molecule has 2 nitrogen and oxygen atoms in total. The molecule has 18 heavy (non-hydrogen) atoms. The van der Waals surface area contributed by atoms with Gasteiger partial charge in [0.2, 0.25) is 0 Å². The second-order valence-electron chi connectivity index (χ2n) is 4.71. The van der Waals surface area contributed by atoms with Crippen LogP contribution in [0.5, 0.6) is 5.75 Å². The van der Waals surface area contributed by atoms with Crippen LogP contribution in [0.3, 0.4) is 0 Å². The summed E-state index contributed by atoms with van der Waals surface area (Å²) in [5.74, 6) is 2.13. The average molecular weight is 267 g/mol. The Morgan fingerprint density at radius 2 is 2.06 bits per heavy atom. The van der Waals surface area contributed by atoms with Crippen molar-refractivity contribution < 1.29 is 4.74 Å². The molecule has 1 aromatic rings. The summed E-state index contributed by atoms with van der Waals surface area (Å²) < 4.78 is 5.75. The molecule has 0 aliphatic rings. The van der Waals surface area contributed by atoms with Gasteiger partial charge in [0.15, 0.2) is 0 Å². The highest BCUT2D eigenvalue weighted by Crippen LogP contribution is 2.18. The molecule has 0 saturated carbocycles. The zero-order chi connectivity index (χ0) is 13.4. The van der Waals surface area contributed by atoms with E-state index in [0.29, 0.717) is 5.25 Å². The van der Waals surface area contributed by atoms with E-state index in [1.807, 2.05) is 17.8 Å². The predicted octanol–water partition coefficient (Wildman–Crippen LogP) is 3.54. The van der Waals surface area contributed by atoms with Gasteiger partial charge in [0.25, 0.3) is 0 Å². The summed E-state index contributed by atoms with van der Waals surface area (Å²) in [6.45, 7) is 8.06. The summed E-state index contributed by atoms with van der Waals surface area (Å²) in [7, 11) is 0. The first-order valence-corrected chi connectivity index (χ1v) is 7.70. The topological polar surface area (TPSA) is 35.2 Å². The van der Waals surface area contributed by atoms with Gasteiger partial charge >= 0.3 is 0 Å². The Kier molecular flexibility index (Phi) is 7.21. The van der Waals surface area contributed by atoms with Crippen LogP contribution in [0.4, 0.5) is 0 Å². The van der Waals surface area contributed by atoms with Gasteiger partial charge in [-0.1, -0.05) is 13.0 Å². The van der Waals surface area contributed by atoms with Gasteiger partial charge in [-0.3, -0.25) is 0 Å². The SMILES string of the molecule is Cc1ccc(OCCCSC(C)CCN)cc1C. The van der Waals surface area contributed by atoms with E-state index in [1.54, 1.807) is 0 Å². The summed E-state index contributed by atoms with van der Waals surface area (Å²) in [4.78, 5) is 0. The van der Waals surface area contributed by atoms with E-state index in [0.717, 1.165) is 37.5 Å². The fraction of sp³-hybridized carbons (Fsp3) is 0.600. The molecule has 102 valence electrons. The fourth-order valence-electron chi connectivity index (χ4n) is 1.66. The summed E-state index contributed by atoms with van der Waals surface area (Å²) in [6.07, 6.45) is 2.19. The first-order chi connectivity index (χ1) is 8.63. The van der Waals surface area contributed by atoms with Crippen LogP contribution in [0.2, 0.25) is 0 Å². The van der Waals surface area contributed by atoms with E-state index in [4.69, 9.17) is 10.5 Å². The minimum absolute atomic E-state index is 0.664. The minimum atomic E-state index is 0.664. The zero-order valence-electron chi connectivity index (χ0n) is 11.7. The van der Waals surface area contributed by atoms with Crippen LogP contribution < -0.4 is 10.5 Å². The average Bonchev–Trinajstić information content (AvgIpc) is 2.33. The summed E-state index contributed by atoms with van der Waals surface area (Å²) >= 11 is 1.98. The summed E-state index contributed by atoms with van der Waals surface area (Å²) in [5, 5.41) is 0.664. The molecule has 0 radical (unpaired) electrons. The molecule has 0 aliphatic heterocycles. The number of nitrogens with two attached hydrogens (primary N) is 1. The van der Waals surface area contributed by atoms with Crippen LogP contribution >= 0.6 is 11.8 Å². The van der Waals surface area contributed by atoms with Crippen molar-refractivity contribution in [2.75, 3.05) is 18.9 Å². The van der Waals surface area contributed by atoms with E-state index < -0.39 is 0 Å². The van der Waals surface area contributed by atoms with E-state index in [2.05, 4.69) is 32.9 Å². The maximum Gasteiger partial charge on any atom is 0.119 e. The standard InChI is InChI=1S/C15H25NOS/c1-12-5-6-15(11-13(12)2)17-9-4-10-18-14(3)7-8-16/h5-6,11,14H,4,7-10,16H2,1-3H3. The summed E-state index contributed by atoms with van der Waals surface area (Å²) in [6, 6.07) is 6.27. The maximum atomic E-state index is 5.75. The second kappa shape index (κ2) is 8.44. The number of benzene rings is 1. The predicted molar refractivity (Wildman–Crippen MR) is 81.6 cm³/mol. The number of thioether (sulfide) groups is 1. The van der Waals surface area contributed by atoms with Crippen molar-refractivity contribution in [1.82, 2.24) is 0 Å². The van der Waals surface area contributed by atoms with E-state index in [9.17, 15) is 0 Å². The van der Waals surface area contributed by atoms with Gasteiger partial charge in [-0.05, 0) is 62.2 Å². The largest absolute Gasteiger partial charge is 0.494 e. The Morgan fingerprint density at radius 1 is 1.28 bits per heavy atom. The molecule has 1 aromatic carbocycles. The third-order valence-corrected chi connectivity index (χ3v) is 4.34. The molecule has 0 aromatic heterocycles. The van der Waals surface area contributed by atoms with Crippen LogP contribution in [0, 0.1) is 13.8 Å². The molecule has 0 bridgehead atoms. The highest BCUT2D eigenvalue weighted by molar-refractivity contribution is 7.99. The van der Waals surface area contributed by atoms with Crippen LogP contribution in [-0.2, 0) is 0 Å². The number of hydrogen-bond acceptors (Lipinski definition) is 3. The van der Waals surface area contributed by atoms with Gasteiger partial charge < -0.3 is 10.5 Å². The molecule has 0 fully saturated rings. The number of aryl methyl sites for hydroxylation is 2. The monoisotopic (exact) mass is 267 g/mol. The lowest BCUT2D eigenvalue weighted by molar-refractivity contribution is 0.318. The Labute approximate surface area is 115 Å². The van der Waals surface area contributed by atoms with Gasteiger partial charge in [0.05, 0.1) is 6.61 Å². The van der Waals surface area contributed by atoms with Gasteiger partial charge in [-0.15, -0.1) is 0 Å². The van der Waals surface area contributed by atoms with Crippen LogP contribution in [0.1, 0.15) is 30.9 Å². The molecule has 0 saturated heterocycles. The Hall–Kier alpha value is -0.670. The summed E-state index contributed by atoms with van der Waals surface area (Å²) in [5.41, 5.74) is 8.13. The van der Waals surface area contributed by atoms with Gasteiger partial charge in [0, 0.05) is 5.25 Å². The highest BCUT2D eigenvalue weighted by atomic mass is 32.2. The zero-order valence-corrected chi connectivity index (χ0v) is 12.6. The molecule has 1 atom stereocenters. The van der Waals surface area contributed by atoms with Crippen LogP contribution in [-0.4, -0.2) is 24.2 Å². The normalized spacial score (nSPS) is 12.4. The lowest BCUT2D eigenvalue weighted by atomic mass is 10.1. The molecule has 1 rings (SSSR count). The first kappa shape index (κ1) is 15.4. The third-order valence-electron chi connectivity index (χ3n) is 3.01. The van der Waals surface area contributed by atoms with Crippen molar-refractivity contribution in [3.63, 3.8) is 0 Å². The second-order valence-corrected chi connectivity index (χ2v) is 6.25.